The Hall–Kier alpha value is -0.0400. The quantitative estimate of drug-likeness (QED) is 0.630. The lowest BCUT2D eigenvalue weighted by molar-refractivity contribution is 0.132. The SMILES string of the molecule is CNCC1C2CCC2C2CC12. The highest BCUT2D eigenvalue weighted by Crippen LogP contribution is 2.67. The van der Waals surface area contributed by atoms with Crippen LogP contribution >= 0.6 is 0 Å². The van der Waals surface area contributed by atoms with E-state index in [9.17, 15) is 0 Å². The number of nitrogens with one attached hydrogen (secondary N) is 1. The van der Waals surface area contributed by atoms with Crippen LogP contribution in [0.15, 0.2) is 0 Å². The zero-order chi connectivity index (χ0) is 7.42. The molecule has 62 valence electrons. The van der Waals surface area contributed by atoms with Crippen LogP contribution in [-0.2, 0) is 0 Å². The second-order valence-corrected chi connectivity index (χ2v) is 4.69. The van der Waals surface area contributed by atoms with E-state index in [4.69, 9.17) is 0 Å². The first-order valence-corrected chi connectivity index (χ1v) is 5.06. The molecule has 3 rings (SSSR count). The fourth-order valence-electron chi connectivity index (χ4n) is 3.69. The predicted octanol–water partition coefficient (Wildman–Crippen LogP) is 1.50. The van der Waals surface area contributed by atoms with Gasteiger partial charge in [-0.1, -0.05) is 0 Å². The lowest BCUT2D eigenvalue weighted by Crippen LogP contribution is -2.33. The fraction of sp³-hybridized carbons (Fsp3) is 1.00. The second-order valence-electron chi connectivity index (χ2n) is 4.69. The van der Waals surface area contributed by atoms with Crippen LogP contribution in [0.4, 0.5) is 0 Å². The standard InChI is InChI=1S/C10H17N/c1-11-5-10-7-3-2-6(7)8-4-9(8)10/h6-11H,2-5H2,1H3. The molecule has 1 heteroatoms. The van der Waals surface area contributed by atoms with Crippen molar-refractivity contribution in [2.45, 2.75) is 19.3 Å². The van der Waals surface area contributed by atoms with Gasteiger partial charge < -0.3 is 5.32 Å². The molecule has 0 radical (unpaired) electrons. The summed E-state index contributed by atoms with van der Waals surface area (Å²) in [6, 6.07) is 0. The van der Waals surface area contributed by atoms with Crippen molar-refractivity contribution in [3.8, 4) is 0 Å². The number of fused-ring (bicyclic) bond motifs is 3. The molecule has 0 heterocycles. The van der Waals surface area contributed by atoms with E-state index in [0.29, 0.717) is 0 Å². The number of rotatable bonds is 2. The van der Waals surface area contributed by atoms with Gasteiger partial charge in [0.05, 0.1) is 0 Å². The molecule has 1 nitrogen and oxygen atoms in total. The van der Waals surface area contributed by atoms with Gasteiger partial charge in [-0.05, 0) is 62.4 Å². The maximum atomic E-state index is 3.35. The van der Waals surface area contributed by atoms with Crippen molar-refractivity contribution < 1.29 is 0 Å². The van der Waals surface area contributed by atoms with Gasteiger partial charge in [-0.2, -0.15) is 0 Å². The first-order valence-electron chi connectivity index (χ1n) is 5.06. The Morgan fingerprint density at radius 2 is 1.91 bits per heavy atom. The van der Waals surface area contributed by atoms with E-state index in [1.165, 1.54) is 18.4 Å². The third-order valence-corrected chi connectivity index (χ3v) is 4.36. The van der Waals surface area contributed by atoms with Crippen LogP contribution in [0.3, 0.4) is 0 Å². The third-order valence-electron chi connectivity index (χ3n) is 4.36. The summed E-state index contributed by atoms with van der Waals surface area (Å²) in [4.78, 5) is 0. The summed E-state index contributed by atoms with van der Waals surface area (Å²) < 4.78 is 0. The lowest BCUT2D eigenvalue weighted by Gasteiger charge is -2.37. The van der Waals surface area contributed by atoms with Crippen LogP contribution in [0.25, 0.3) is 0 Å². The monoisotopic (exact) mass is 151 g/mol. The van der Waals surface area contributed by atoms with Crippen molar-refractivity contribution in [1.29, 1.82) is 0 Å². The van der Waals surface area contributed by atoms with Crippen LogP contribution < -0.4 is 5.32 Å². The molecule has 0 aromatic rings. The highest BCUT2D eigenvalue weighted by atomic mass is 14.8. The van der Waals surface area contributed by atoms with E-state index in [-0.39, 0.29) is 0 Å². The molecule has 3 saturated carbocycles. The van der Waals surface area contributed by atoms with E-state index in [0.717, 1.165) is 17.8 Å². The van der Waals surface area contributed by atoms with E-state index >= 15 is 0 Å². The molecule has 3 fully saturated rings. The topological polar surface area (TPSA) is 12.0 Å². The summed E-state index contributed by atoms with van der Waals surface area (Å²) in [6.07, 6.45) is 4.68. The van der Waals surface area contributed by atoms with Gasteiger partial charge in [0.25, 0.3) is 0 Å². The summed E-state index contributed by atoms with van der Waals surface area (Å²) in [5.74, 6) is 5.74. The predicted molar refractivity (Wildman–Crippen MR) is 45.2 cm³/mol. The van der Waals surface area contributed by atoms with Gasteiger partial charge in [0.15, 0.2) is 0 Å². The average molecular weight is 151 g/mol. The van der Waals surface area contributed by atoms with Crippen LogP contribution in [0, 0.1) is 29.6 Å². The molecule has 5 unspecified atom stereocenters. The largest absolute Gasteiger partial charge is 0.319 e. The Labute approximate surface area is 68.6 Å². The first kappa shape index (κ1) is 6.47. The molecule has 11 heavy (non-hydrogen) atoms. The zero-order valence-corrected chi connectivity index (χ0v) is 7.22. The minimum atomic E-state index is 1.07. The summed E-state index contributed by atoms with van der Waals surface area (Å²) in [6.45, 7) is 1.29. The Morgan fingerprint density at radius 3 is 2.45 bits per heavy atom. The molecular weight excluding hydrogens is 134 g/mol. The molecule has 0 spiro atoms. The first-order chi connectivity index (χ1) is 5.42. The maximum absolute atomic E-state index is 3.35. The summed E-state index contributed by atoms with van der Waals surface area (Å²) in [5, 5.41) is 3.35. The Bertz CT molecular complexity index is 178. The minimum Gasteiger partial charge on any atom is -0.319 e. The van der Waals surface area contributed by atoms with Crippen LogP contribution in [-0.4, -0.2) is 13.6 Å². The van der Waals surface area contributed by atoms with Gasteiger partial charge in [0.1, 0.15) is 0 Å². The highest BCUT2D eigenvalue weighted by molar-refractivity contribution is 5.11. The average Bonchev–Trinajstić information content (AvgIpc) is 2.60. The second kappa shape index (κ2) is 2.01. The Balaban J connectivity index is 1.74. The van der Waals surface area contributed by atoms with Gasteiger partial charge >= 0.3 is 0 Å². The normalized spacial score (nSPS) is 58.1. The van der Waals surface area contributed by atoms with E-state index in [1.54, 1.807) is 19.3 Å². The van der Waals surface area contributed by atoms with Crippen molar-refractivity contribution >= 4 is 0 Å². The van der Waals surface area contributed by atoms with Crippen molar-refractivity contribution in [3.05, 3.63) is 0 Å². The lowest BCUT2D eigenvalue weighted by atomic mass is 9.69. The summed E-state index contributed by atoms with van der Waals surface area (Å²) >= 11 is 0. The smallest absolute Gasteiger partial charge is 0.00180 e. The van der Waals surface area contributed by atoms with Crippen LogP contribution in [0.2, 0.25) is 0 Å². The molecule has 1 N–H and O–H groups in total. The Morgan fingerprint density at radius 1 is 1.09 bits per heavy atom. The molecule has 0 saturated heterocycles. The molecular formula is C10H17N. The van der Waals surface area contributed by atoms with E-state index in [2.05, 4.69) is 12.4 Å². The van der Waals surface area contributed by atoms with Gasteiger partial charge in [-0.25, -0.2) is 0 Å². The van der Waals surface area contributed by atoms with Crippen molar-refractivity contribution in [3.63, 3.8) is 0 Å². The maximum Gasteiger partial charge on any atom is -0.00180 e. The van der Waals surface area contributed by atoms with Crippen LogP contribution in [0.1, 0.15) is 19.3 Å². The highest BCUT2D eigenvalue weighted by Gasteiger charge is 2.61. The molecule has 0 aliphatic heterocycles. The zero-order valence-electron chi connectivity index (χ0n) is 7.22. The molecule has 3 aliphatic rings. The third kappa shape index (κ3) is 0.703. The molecule has 0 aromatic carbocycles. The van der Waals surface area contributed by atoms with Gasteiger partial charge in [-0.15, -0.1) is 0 Å². The molecule has 5 atom stereocenters. The molecule has 0 bridgehead atoms. The van der Waals surface area contributed by atoms with E-state index < -0.39 is 0 Å². The van der Waals surface area contributed by atoms with Crippen molar-refractivity contribution in [2.24, 2.45) is 29.6 Å². The van der Waals surface area contributed by atoms with Crippen molar-refractivity contribution in [1.82, 2.24) is 5.32 Å². The molecule has 3 aliphatic carbocycles. The number of hydrogen-bond donors (Lipinski definition) is 1. The van der Waals surface area contributed by atoms with Gasteiger partial charge in [-0.3, -0.25) is 0 Å². The van der Waals surface area contributed by atoms with Gasteiger partial charge in [0.2, 0.25) is 0 Å². The summed E-state index contributed by atoms with van der Waals surface area (Å²) in [7, 11) is 2.10. The van der Waals surface area contributed by atoms with Crippen molar-refractivity contribution in [2.75, 3.05) is 13.6 Å². The van der Waals surface area contributed by atoms with Crippen LogP contribution in [0.5, 0.6) is 0 Å². The summed E-state index contributed by atoms with van der Waals surface area (Å²) in [5.41, 5.74) is 0. The molecule has 0 aromatic heterocycles. The fourth-order valence-corrected chi connectivity index (χ4v) is 3.69. The number of hydrogen-bond acceptors (Lipinski definition) is 1. The Kier molecular flexibility index (Phi) is 1.18. The minimum absolute atomic E-state index is 1.07. The van der Waals surface area contributed by atoms with E-state index in [1.807, 2.05) is 0 Å². The molecule has 0 amide bonds. The van der Waals surface area contributed by atoms with Gasteiger partial charge in [0, 0.05) is 0 Å².